The molecule has 2 heterocycles. The number of nitrogens with one attached hydrogen (secondary N) is 1. The number of benzene rings is 2. The summed E-state index contributed by atoms with van der Waals surface area (Å²) in [6.07, 6.45) is 1.89. The van der Waals surface area contributed by atoms with Gasteiger partial charge in [-0.15, -0.1) is 0 Å². The summed E-state index contributed by atoms with van der Waals surface area (Å²) in [5.41, 5.74) is 11.9. The molecule has 2 aliphatic rings. The lowest BCUT2D eigenvalue weighted by Crippen LogP contribution is -2.49. The van der Waals surface area contributed by atoms with E-state index in [1.165, 1.54) is 6.08 Å². The number of ether oxygens (including phenoxy) is 1. The summed E-state index contributed by atoms with van der Waals surface area (Å²) in [5.74, 6) is -0.363. The van der Waals surface area contributed by atoms with E-state index < -0.39 is 28.8 Å². The van der Waals surface area contributed by atoms with Crippen LogP contribution in [0.4, 0.5) is 16.2 Å². The van der Waals surface area contributed by atoms with Gasteiger partial charge in [0, 0.05) is 18.8 Å². The van der Waals surface area contributed by atoms with Crippen molar-refractivity contribution in [3.8, 4) is 0 Å². The Morgan fingerprint density at radius 2 is 1.16 bits per heavy atom. The second kappa shape index (κ2) is 19.2. The quantitative estimate of drug-likeness (QED) is 0.0994. The highest BCUT2D eigenvalue weighted by molar-refractivity contribution is 6.74. The van der Waals surface area contributed by atoms with Crippen molar-refractivity contribution in [2.45, 2.75) is 143 Å². The molecule has 3 amide bonds. The molecule has 0 radical (unpaired) electrons. The maximum absolute atomic E-state index is 13.6. The number of aliphatic hydroxyl groups is 2. The van der Waals surface area contributed by atoms with Crippen molar-refractivity contribution in [2.24, 2.45) is 0 Å². The van der Waals surface area contributed by atoms with Crippen molar-refractivity contribution >= 4 is 45.9 Å². The maximum atomic E-state index is 13.6. The highest BCUT2D eigenvalue weighted by Crippen LogP contribution is 2.41. The molecule has 0 unspecified atom stereocenters. The van der Waals surface area contributed by atoms with Crippen LogP contribution >= 0.6 is 0 Å². The molecule has 4 rings (SSSR count). The van der Waals surface area contributed by atoms with Gasteiger partial charge >= 0.3 is 6.09 Å². The first-order valence-corrected chi connectivity index (χ1v) is 26.2. The summed E-state index contributed by atoms with van der Waals surface area (Å²) < 4.78 is 18.1. The Bertz CT molecular complexity index is 1800. The number of aryl methyl sites for hydroxylation is 4. The second-order valence-electron chi connectivity index (χ2n) is 18.9. The summed E-state index contributed by atoms with van der Waals surface area (Å²) in [6.45, 7) is 34.0. The first kappa shape index (κ1) is 48.8. The molecule has 0 aromatic heterocycles. The SMILES string of the molecule is C=CCOC(=O)Nc1cc(C)c(C)cc1C(=O)N1CC[C@H](O[Si](C)(C)C(C)(C)C)[C@H]1CO.Cc1cc(N)c(C(=O)N2CC[C@H](O[Si](C)(C)C(C)(C)C)[C@H]2CO)cc1C. The van der Waals surface area contributed by atoms with Crippen LogP contribution in [0, 0.1) is 27.7 Å². The average molecular weight is 841 g/mol. The number of nitrogens with two attached hydrogens (primary N) is 1. The van der Waals surface area contributed by atoms with Crippen LogP contribution < -0.4 is 11.1 Å². The molecule has 2 saturated heterocycles. The molecule has 4 atom stereocenters. The topological polar surface area (TPSA) is 164 Å². The van der Waals surface area contributed by atoms with Gasteiger partial charge in [0.25, 0.3) is 11.8 Å². The third kappa shape index (κ3) is 11.4. The van der Waals surface area contributed by atoms with Gasteiger partial charge in [-0.1, -0.05) is 54.2 Å². The Kier molecular flexibility index (Phi) is 16.2. The van der Waals surface area contributed by atoms with Crippen LogP contribution in [0.1, 0.15) is 97.4 Å². The summed E-state index contributed by atoms with van der Waals surface area (Å²) in [6, 6.07) is 6.49. The average Bonchev–Trinajstić information content (AvgIpc) is 3.71. The van der Waals surface area contributed by atoms with Gasteiger partial charge in [-0.3, -0.25) is 14.9 Å². The minimum atomic E-state index is -2.06. The smallest absolute Gasteiger partial charge is 0.411 e. The van der Waals surface area contributed by atoms with E-state index in [1.807, 2.05) is 39.8 Å². The summed E-state index contributed by atoms with van der Waals surface area (Å²) in [7, 11) is -4.04. The van der Waals surface area contributed by atoms with Crippen LogP contribution in [-0.4, -0.2) is 112 Å². The number of hydrogen-bond donors (Lipinski definition) is 4. The van der Waals surface area contributed by atoms with Crippen molar-refractivity contribution in [3.63, 3.8) is 0 Å². The van der Waals surface area contributed by atoms with E-state index >= 15 is 0 Å². The van der Waals surface area contributed by atoms with E-state index in [0.29, 0.717) is 42.0 Å². The van der Waals surface area contributed by atoms with Gasteiger partial charge < -0.3 is 39.3 Å². The molecule has 0 spiro atoms. The molecule has 0 bridgehead atoms. The van der Waals surface area contributed by atoms with Crippen molar-refractivity contribution in [3.05, 3.63) is 70.3 Å². The van der Waals surface area contributed by atoms with E-state index in [9.17, 15) is 24.6 Å². The maximum Gasteiger partial charge on any atom is 0.411 e. The molecule has 0 aliphatic carbocycles. The fraction of sp³-hybridized carbons (Fsp3) is 0.614. The predicted molar refractivity (Wildman–Crippen MR) is 239 cm³/mol. The lowest BCUT2D eigenvalue weighted by molar-refractivity contribution is 0.0517. The molecule has 324 valence electrons. The van der Waals surface area contributed by atoms with Crippen molar-refractivity contribution in [1.82, 2.24) is 9.80 Å². The molecule has 0 saturated carbocycles. The highest BCUT2D eigenvalue weighted by atomic mass is 28.4. The van der Waals surface area contributed by atoms with E-state index in [-0.39, 0.29) is 60.0 Å². The van der Waals surface area contributed by atoms with Gasteiger partial charge in [0.1, 0.15) is 6.61 Å². The number of carbonyl (C=O) groups excluding carboxylic acids is 3. The number of nitrogens with zero attached hydrogens (tertiary/aromatic N) is 2. The molecule has 2 aliphatic heterocycles. The summed E-state index contributed by atoms with van der Waals surface area (Å²) in [5, 5.41) is 22.9. The molecule has 2 aromatic carbocycles. The van der Waals surface area contributed by atoms with Crippen LogP contribution in [0.15, 0.2) is 36.9 Å². The number of hydrogen-bond acceptors (Lipinski definition) is 9. The number of amides is 3. The molecule has 2 aromatic rings. The molecule has 14 heteroatoms. The fourth-order valence-electron chi connectivity index (χ4n) is 6.68. The normalized spacial score (nSPS) is 20.1. The Hall–Kier alpha value is -3.54. The van der Waals surface area contributed by atoms with Crippen molar-refractivity contribution in [1.29, 1.82) is 0 Å². The minimum Gasteiger partial charge on any atom is -0.445 e. The van der Waals surface area contributed by atoms with Gasteiger partial charge in [-0.2, -0.15) is 0 Å². The van der Waals surface area contributed by atoms with Gasteiger partial charge in [0.05, 0.1) is 54.3 Å². The Balaban J connectivity index is 0.000000317. The highest BCUT2D eigenvalue weighted by Gasteiger charge is 2.47. The monoisotopic (exact) mass is 840 g/mol. The number of rotatable bonds is 11. The lowest BCUT2D eigenvalue weighted by Gasteiger charge is -2.40. The van der Waals surface area contributed by atoms with E-state index in [2.05, 4.69) is 79.6 Å². The van der Waals surface area contributed by atoms with Gasteiger partial charge in [-0.05, 0) is 123 Å². The minimum absolute atomic E-state index is 0.0292. The lowest BCUT2D eigenvalue weighted by atomic mass is 10.0. The number of carbonyl (C=O) groups is 3. The third-order valence-electron chi connectivity index (χ3n) is 12.7. The van der Waals surface area contributed by atoms with Gasteiger partial charge in [0.2, 0.25) is 0 Å². The van der Waals surface area contributed by atoms with Crippen LogP contribution in [0.5, 0.6) is 0 Å². The van der Waals surface area contributed by atoms with Crippen LogP contribution in [0.3, 0.4) is 0 Å². The third-order valence-corrected chi connectivity index (χ3v) is 21.7. The van der Waals surface area contributed by atoms with E-state index in [0.717, 1.165) is 28.7 Å². The van der Waals surface area contributed by atoms with Crippen molar-refractivity contribution < 1.29 is 38.2 Å². The van der Waals surface area contributed by atoms with Gasteiger partial charge in [-0.25, -0.2) is 4.79 Å². The molecule has 12 nitrogen and oxygen atoms in total. The van der Waals surface area contributed by atoms with Crippen LogP contribution in [0.2, 0.25) is 36.3 Å². The largest absolute Gasteiger partial charge is 0.445 e. The molecular weight excluding hydrogens is 769 g/mol. The molecule has 2 fully saturated rings. The second-order valence-corrected chi connectivity index (χ2v) is 28.4. The van der Waals surface area contributed by atoms with E-state index in [1.54, 1.807) is 21.9 Å². The molecule has 5 N–H and O–H groups in total. The Labute approximate surface area is 349 Å². The zero-order valence-corrected chi connectivity index (χ0v) is 39.7. The Morgan fingerprint density at radius 1 is 0.759 bits per heavy atom. The first-order valence-electron chi connectivity index (χ1n) is 20.4. The molecule has 58 heavy (non-hydrogen) atoms. The Morgan fingerprint density at radius 3 is 1.57 bits per heavy atom. The van der Waals surface area contributed by atoms with Gasteiger partial charge in [0.15, 0.2) is 16.6 Å². The standard InChI is InChI=1S/C24H38N2O5Si.C20H34N2O3Si/c1-9-12-30-23(29)25-19-14-17(3)16(2)13-18(19)22(28)26-11-10-21(20(26)15-27)31-32(7,8)24(4,5)6;1-13-10-15(16(21)11-14(13)2)19(24)22-9-8-18(17(22)12-23)25-26(6,7)20(3,4)5/h9,13-14,20-21,27H,1,10-12,15H2,2-8H3,(H,25,29);10-11,17-18,23H,8-9,12,21H2,1-7H3/t20-,21+;17-,18+/m11/s1. The zero-order chi connectivity index (χ0) is 44.1. The van der Waals surface area contributed by atoms with E-state index in [4.69, 9.17) is 19.3 Å². The van der Waals surface area contributed by atoms with Crippen LogP contribution in [0.25, 0.3) is 0 Å². The summed E-state index contributed by atoms with van der Waals surface area (Å²) in [4.78, 5) is 42.2. The number of anilines is 2. The zero-order valence-electron chi connectivity index (χ0n) is 37.7. The number of likely N-dealkylation sites (tertiary alicyclic amines) is 2. The fourth-order valence-corrected chi connectivity index (χ4v) is 9.45. The number of aliphatic hydroxyl groups excluding tert-OH is 2. The predicted octanol–water partition coefficient (Wildman–Crippen LogP) is 8.12. The summed E-state index contributed by atoms with van der Waals surface area (Å²) >= 11 is 0. The first-order chi connectivity index (χ1) is 26.7. The van der Waals surface area contributed by atoms with Crippen molar-refractivity contribution in [2.75, 3.05) is 44.0 Å². The number of nitrogen functional groups attached to an aromatic ring is 1. The molecular formula is C44H72N4O8Si2. The van der Waals surface area contributed by atoms with Crippen LogP contribution in [-0.2, 0) is 13.6 Å².